The molecule has 0 bridgehead atoms. The van der Waals surface area contributed by atoms with Crippen molar-refractivity contribution in [3.63, 3.8) is 0 Å². The highest BCUT2D eigenvalue weighted by Crippen LogP contribution is 2.18. The lowest BCUT2D eigenvalue weighted by Gasteiger charge is -2.12. The van der Waals surface area contributed by atoms with E-state index >= 15 is 0 Å². The molecule has 14 heavy (non-hydrogen) atoms. The lowest BCUT2D eigenvalue weighted by molar-refractivity contribution is 0.104. The molecule has 0 aliphatic rings. The lowest BCUT2D eigenvalue weighted by atomic mass is 10.1. The first-order chi connectivity index (χ1) is 6.63. The van der Waals surface area contributed by atoms with Gasteiger partial charge in [0, 0.05) is 0 Å². The highest BCUT2D eigenvalue weighted by Gasteiger charge is 2.03. The molecule has 0 heterocycles. The number of aliphatic hydroxyl groups excluding tert-OH is 1. The molecule has 78 valence electrons. The molecule has 0 saturated carbocycles. The minimum absolute atomic E-state index is 0.365. The smallest absolute Gasteiger partial charge is 0.122 e. The molecule has 0 fully saturated rings. The van der Waals surface area contributed by atoms with Crippen LogP contribution in [0, 0.1) is 13.8 Å². The summed E-state index contributed by atoms with van der Waals surface area (Å²) in [5.74, 6) is 0.864. The van der Waals surface area contributed by atoms with Crippen molar-refractivity contribution in [2.24, 2.45) is 0 Å². The second-order valence-corrected chi connectivity index (χ2v) is 3.64. The summed E-state index contributed by atoms with van der Waals surface area (Å²) >= 11 is 0. The van der Waals surface area contributed by atoms with Crippen LogP contribution in [0.2, 0.25) is 0 Å². The third-order valence-electron chi connectivity index (χ3n) is 2.23. The highest BCUT2D eigenvalue weighted by atomic mass is 16.5. The van der Waals surface area contributed by atoms with Crippen LogP contribution in [0.5, 0.6) is 5.75 Å². The zero-order chi connectivity index (χ0) is 10.6. The van der Waals surface area contributed by atoms with Gasteiger partial charge in [0.15, 0.2) is 0 Å². The van der Waals surface area contributed by atoms with Crippen LogP contribution in [0.15, 0.2) is 18.2 Å². The van der Waals surface area contributed by atoms with Crippen molar-refractivity contribution in [1.29, 1.82) is 0 Å². The van der Waals surface area contributed by atoms with Crippen LogP contribution in [-0.4, -0.2) is 17.8 Å². The molecule has 0 aliphatic heterocycles. The van der Waals surface area contributed by atoms with Crippen molar-refractivity contribution >= 4 is 0 Å². The SMILES string of the molecule is CC[C@H](O)COc1ccc(C)cc1C. The number of rotatable bonds is 4. The summed E-state index contributed by atoms with van der Waals surface area (Å²) in [7, 11) is 0. The average Bonchev–Trinajstić information content (AvgIpc) is 2.16. The molecule has 1 N–H and O–H groups in total. The van der Waals surface area contributed by atoms with Gasteiger partial charge in [-0.25, -0.2) is 0 Å². The van der Waals surface area contributed by atoms with E-state index in [0.717, 1.165) is 17.7 Å². The highest BCUT2D eigenvalue weighted by molar-refractivity contribution is 5.35. The maximum atomic E-state index is 9.34. The van der Waals surface area contributed by atoms with Crippen molar-refractivity contribution in [2.45, 2.75) is 33.3 Å². The van der Waals surface area contributed by atoms with Crippen molar-refractivity contribution in [2.75, 3.05) is 6.61 Å². The zero-order valence-corrected chi connectivity index (χ0v) is 9.08. The van der Waals surface area contributed by atoms with Gasteiger partial charge in [-0.15, -0.1) is 0 Å². The molecule has 0 saturated heterocycles. The van der Waals surface area contributed by atoms with Crippen molar-refractivity contribution in [3.8, 4) is 5.75 Å². The first kappa shape index (κ1) is 11.1. The molecule has 2 nitrogen and oxygen atoms in total. The van der Waals surface area contributed by atoms with Gasteiger partial charge in [0.05, 0.1) is 6.10 Å². The first-order valence-corrected chi connectivity index (χ1v) is 5.01. The number of ether oxygens (including phenoxy) is 1. The fraction of sp³-hybridized carbons (Fsp3) is 0.500. The summed E-state index contributed by atoms with van der Waals surface area (Å²) in [6.07, 6.45) is 0.362. The van der Waals surface area contributed by atoms with Gasteiger partial charge in [0.1, 0.15) is 12.4 Å². The first-order valence-electron chi connectivity index (χ1n) is 5.01. The van der Waals surface area contributed by atoms with Crippen LogP contribution in [-0.2, 0) is 0 Å². The Morgan fingerprint density at radius 2 is 2.07 bits per heavy atom. The maximum Gasteiger partial charge on any atom is 0.122 e. The fourth-order valence-corrected chi connectivity index (χ4v) is 1.27. The normalized spacial score (nSPS) is 12.6. The van der Waals surface area contributed by atoms with E-state index in [1.165, 1.54) is 5.56 Å². The molecule has 0 unspecified atom stereocenters. The minimum Gasteiger partial charge on any atom is -0.491 e. The van der Waals surface area contributed by atoms with Gasteiger partial charge >= 0.3 is 0 Å². The van der Waals surface area contributed by atoms with Gasteiger partial charge in [-0.2, -0.15) is 0 Å². The van der Waals surface area contributed by atoms with E-state index in [0.29, 0.717) is 6.61 Å². The predicted molar refractivity (Wildman–Crippen MR) is 57.7 cm³/mol. The van der Waals surface area contributed by atoms with Crippen LogP contribution in [0.4, 0.5) is 0 Å². The third kappa shape index (κ3) is 3.04. The number of hydrogen-bond donors (Lipinski definition) is 1. The van der Waals surface area contributed by atoms with Crippen molar-refractivity contribution < 1.29 is 9.84 Å². The van der Waals surface area contributed by atoms with Crippen LogP contribution in [0.25, 0.3) is 0 Å². The molecule has 1 aromatic rings. The topological polar surface area (TPSA) is 29.5 Å². The molecular weight excluding hydrogens is 176 g/mol. The summed E-state index contributed by atoms with van der Waals surface area (Å²) in [6, 6.07) is 6.04. The van der Waals surface area contributed by atoms with Gasteiger partial charge in [-0.3, -0.25) is 0 Å². The number of benzene rings is 1. The molecule has 0 radical (unpaired) electrons. The van der Waals surface area contributed by atoms with Gasteiger partial charge < -0.3 is 9.84 Å². The molecule has 0 amide bonds. The molecule has 0 aromatic heterocycles. The van der Waals surface area contributed by atoms with E-state index in [9.17, 15) is 5.11 Å². The summed E-state index contributed by atoms with van der Waals surface area (Å²) in [5.41, 5.74) is 2.35. The Morgan fingerprint density at radius 1 is 1.36 bits per heavy atom. The standard InChI is InChI=1S/C12H18O2/c1-4-11(13)8-14-12-6-5-9(2)7-10(12)3/h5-7,11,13H,4,8H2,1-3H3/t11-/m0/s1. The minimum atomic E-state index is -0.365. The van der Waals surface area contributed by atoms with E-state index < -0.39 is 0 Å². The Labute approximate surface area is 85.5 Å². The summed E-state index contributed by atoms with van der Waals surface area (Å²) in [6.45, 7) is 6.38. The summed E-state index contributed by atoms with van der Waals surface area (Å²) < 4.78 is 5.49. The van der Waals surface area contributed by atoms with Crippen LogP contribution >= 0.6 is 0 Å². The van der Waals surface area contributed by atoms with Crippen molar-refractivity contribution in [3.05, 3.63) is 29.3 Å². The maximum absolute atomic E-state index is 9.34. The lowest BCUT2D eigenvalue weighted by Crippen LogP contribution is -2.16. The fourth-order valence-electron chi connectivity index (χ4n) is 1.27. The predicted octanol–water partition coefficient (Wildman–Crippen LogP) is 2.45. The quantitative estimate of drug-likeness (QED) is 0.797. The van der Waals surface area contributed by atoms with Crippen LogP contribution in [0.1, 0.15) is 24.5 Å². The Bertz CT molecular complexity index is 294. The molecular formula is C12H18O2. The summed E-state index contributed by atoms with van der Waals surface area (Å²) in [5, 5.41) is 9.34. The summed E-state index contributed by atoms with van der Waals surface area (Å²) in [4.78, 5) is 0. The van der Waals surface area contributed by atoms with E-state index in [1.807, 2.05) is 26.0 Å². The largest absolute Gasteiger partial charge is 0.491 e. The Balaban J connectivity index is 2.59. The van der Waals surface area contributed by atoms with Gasteiger partial charge in [0.2, 0.25) is 0 Å². The second kappa shape index (κ2) is 5.01. The number of hydrogen-bond acceptors (Lipinski definition) is 2. The Hall–Kier alpha value is -1.02. The van der Waals surface area contributed by atoms with E-state index in [4.69, 9.17) is 4.74 Å². The average molecular weight is 194 g/mol. The van der Waals surface area contributed by atoms with Crippen LogP contribution in [0.3, 0.4) is 0 Å². The molecule has 2 heteroatoms. The van der Waals surface area contributed by atoms with E-state index in [-0.39, 0.29) is 6.10 Å². The van der Waals surface area contributed by atoms with E-state index in [1.54, 1.807) is 0 Å². The Kier molecular flexibility index (Phi) is 3.96. The zero-order valence-electron chi connectivity index (χ0n) is 9.08. The van der Waals surface area contributed by atoms with Gasteiger partial charge in [-0.1, -0.05) is 24.6 Å². The van der Waals surface area contributed by atoms with Crippen LogP contribution < -0.4 is 4.74 Å². The Morgan fingerprint density at radius 3 is 2.64 bits per heavy atom. The van der Waals surface area contributed by atoms with Gasteiger partial charge in [-0.05, 0) is 31.9 Å². The van der Waals surface area contributed by atoms with Gasteiger partial charge in [0.25, 0.3) is 0 Å². The van der Waals surface area contributed by atoms with Crippen molar-refractivity contribution in [1.82, 2.24) is 0 Å². The number of aliphatic hydroxyl groups is 1. The monoisotopic (exact) mass is 194 g/mol. The molecule has 1 aromatic carbocycles. The molecule has 0 spiro atoms. The number of aryl methyl sites for hydroxylation is 2. The second-order valence-electron chi connectivity index (χ2n) is 3.64. The molecule has 0 aliphatic carbocycles. The van der Waals surface area contributed by atoms with E-state index in [2.05, 4.69) is 13.0 Å². The molecule has 1 rings (SSSR count). The molecule has 1 atom stereocenters. The third-order valence-corrected chi connectivity index (χ3v) is 2.23.